The van der Waals surface area contributed by atoms with Gasteiger partial charge in [-0.25, -0.2) is 4.79 Å². The first-order valence-corrected chi connectivity index (χ1v) is 13.2. The second kappa shape index (κ2) is 10.6. The Morgan fingerprint density at radius 1 is 1.24 bits per heavy atom. The number of benzene rings is 1. The molecule has 2 heterocycles. The fourth-order valence-electron chi connectivity index (χ4n) is 4.02. The lowest BCUT2D eigenvalue weighted by atomic mass is 10.1. The van der Waals surface area contributed by atoms with Crippen LogP contribution in [-0.2, 0) is 28.9 Å². The summed E-state index contributed by atoms with van der Waals surface area (Å²) >= 11 is 2.82. The van der Waals surface area contributed by atoms with Crippen molar-refractivity contribution < 1.29 is 14.3 Å². The summed E-state index contributed by atoms with van der Waals surface area (Å²) in [6.07, 6.45) is 2.82. The van der Waals surface area contributed by atoms with Crippen molar-refractivity contribution in [1.82, 2.24) is 14.8 Å². The van der Waals surface area contributed by atoms with Crippen LogP contribution in [0.5, 0.6) is 0 Å². The van der Waals surface area contributed by atoms with E-state index in [9.17, 15) is 9.59 Å². The molecule has 0 fully saturated rings. The van der Waals surface area contributed by atoms with Crippen molar-refractivity contribution >= 4 is 45.7 Å². The van der Waals surface area contributed by atoms with Crippen molar-refractivity contribution in [3.05, 3.63) is 40.3 Å². The van der Waals surface area contributed by atoms with E-state index in [4.69, 9.17) is 4.74 Å². The molecule has 0 aliphatic heterocycles. The van der Waals surface area contributed by atoms with E-state index >= 15 is 0 Å². The first-order valence-electron chi connectivity index (χ1n) is 11.4. The Hall–Kier alpha value is -2.85. The first-order chi connectivity index (χ1) is 16.4. The highest BCUT2D eigenvalue weighted by atomic mass is 32.2. The molecule has 1 N–H and O–H groups in total. The SMILES string of the molecule is CCOC(=O)c1c(NC(=O)CSc2nnc(-c3cccc(N(C)C)c3)n2CC)sc2c1CCC2. The van der Waals surface area contributed by atoms with E-state index in [1.54, 1.807) is 6.92 Å². The number of carbonyl (C=O) groups is 2. The molecule has 180 valence electrons. The standard InChI is InChI=1S/C24H29N5O3S2/c1-5-29-21(15-9-7-10-16(13-15)28(3)4)26-27-24(29)33-14-19(30)25-22-20(23(31)32-6-2)17-11-8-12-18(17)34-22/h7,9-10,13H,5-6,8,11-12,14H2,1-4H3,(H,25,30). The predicted octanol–water partition coefficient (Wildman–Crippen LogP) is 4.49. The molecule has 0 radical (unpaired) electrons. The highest BCUT2D eigenvalue weighted by Gasteiger charge is 2.28. The van der Waals surface area contributed by atoms with Gasteiger partial charge in [0.2, 0.25) is 5.91 Å². The molecule has 10 heteroatoms. The number of thioether (sulfide) groups is 1. The number of thiophene rings is 1. The van der Waals surface area contributed by atoms with Gasteiger partial charge in [-0.3, -0.25) is 4.79 Å². The molecule has 0 spiro atoms. The summed E-state index contributed by atoms with van der Waals surface area (Å²) in [4.78, 5) is 28.5. The van der Waals surface area contributed by atoms with Crippen LogP contribution in [0.1, 0.15) is 41.1 Å². The Balaban J connectivity index is 1.47. The molecule has 8 nitrogen and oxygen atoms in total. The lowest BCUT2D eigenvalue weighted by molar-refractivity contribution is -0.113. The van der Waals surface area contributed by atoms with Gasteiger partial charge in [0.25, 0.3) is 0 Å². The number of esters is 1. The number of fused-ring (bicyclic) bond motifs is 1. The molecule has 1 amide bonds. The zero-order chi connectivity index (χ0) is 24.2. The summed E-state index contributed by atoms with van der Waals surface area (Å²) < 4.78 is 7.26. The van der Waals surface area contributed by atoms with Crippen LogP contribution >= 0.6 is 23.1 Å². The second-order valence-corrected chi connectivity index (χ2v) is 10.2. The number of amides is 1. The van der Waals surface area contributed by atoms with Gasteiger partial charge in [-0.1, -0.05) is 23.9 Å². The average molecular weight is 500 g/mol. The average Bonchev–Trinajstić information content (AvgIpc) is 3.52. The van der Waals surface area contributed by atoms with Gasteiger partial charge < -0.3 is 19.5 Å². The van der Waals surface area contributed by atoms with E-state index in [-0.39, 0.29) is 17.6 Å². The number of hydrogen-bond acceptors (Lipinski definition) is 8. The first kappa shape index (κ1) is 24.3. The monoisotopic (exact) mass is 499 g/mol. The zero-order valence-corrected chi connectivity index (χ0v) is 21.5. The third kappa shape index (κ3) is 4.97. The van der Waals surface area contributed by atoms with Gasteiger partial charge in [-0.05, 0) is 50.8 Å². The number of ether oxygens (including phenoxy) is 1. The molecule has 4 rings (SSSR count). The molecular formula is C24H29N5O3S2. The maximum absolute atomic E-state index is 12.8. The largest absolute Gasteiger partial charge is 0.462 e. The van der Waals surface area contributed by atoms with E-state index < -0.39 is 0 Å². The molecule has 34 heavy (non-hydrogen) atoms. The van der Waals surface area contributed by atoms with Crippen LogP contribution in [0.2, 0.25) is 0 Å². The molecule has 1 aliphatic carbocycles. The van der Waals surface area contributed by atoms with Gasteiger partial charge in [0.05, 0.1) is 17.9 Å². The van der Waals surface area contributed by atoms with E-state index in [1.807, 2.05) is 48.7 Å². The Morgan fingerprint density at radius 3 is 2.79 bits per heavy atom. The molecule has 0 atom stereocenters. The molecule has 0 saturated heterocycles. The number of anilines is 2. The van der Waals surface area contributed by atoms with Gasteiger partial charge >= 0.3 is 5.97 Å². The maximum atomic E-state index is 12.8. The summed E-state index contributed by atoms with van der Waals surface area (Å²) in [7, 11) is 4.00. The van der Waals surface area contributed by atoms with Crippen LogP contribution < -0.4 is 10.2 Å². The van der Waals surface area contributed by atoms with Crippen molar-refractivity contribution in [2.45, 2.75) is 44.8 Å². The van der Waals surface area contributed by atoms with Crippen molar-refractivity contribution in [3.8, 4) is 11.4 Å². The van der Waals surface area contributed by atoms with Crippen LogP contribution in [0.25, 0.3) is 11.4 Å². The van der Waals surface area contributed by atoms with Crippen LogP contribution in [-0.4, -0.2) is 53.1 Å². The minimum absolute atomic E-state index is 0.167. The van der Waals surface area contributed by atoms with E-state index in [0.717, 1.165) is 41.9 Å². The van der Waals surface area contributed by atoms with Crippen LogP contribution in [0.4, 0.5) is 10.7 Å². The quantitative estimate of drug-likeness (QED) is 0.343. The Morgan fingerprint density at radius 2 is 2.06 bits per heavy atom. The van der Waals surface area contributed by atoms with Gasteiger partial charge in [0.15, 0.2) is 11.0 Å². The highest BCUT2D eigenvalue weighted by molar-refractivity contribution is 7.99. The summed E-state index contributed by atoms with van der Waals surface area (Å²) in [5.41, 5.74) is 3.61. The van der Waals surface area contributed by atoms with Crippen molar-refractivity contribution in [2.24, 2.45) is 0 Å². The normalized spacial score (nSPS) is 12.5. The summed E-state index contributed by atoms with van der Waals surface area (Å²) in [5, 5.41) is 12.9. The number of aromatic nitrogens is 3. The van der Waals surface area contributed by atoms with Crippen LogP contribution in [0.15, 0.2) is 29.4 Å². The summed E-state index contributed by atoms with van der Waals surface area (Å²) in [5.74, 6) is 0.395. The number of nitrogens with zero attached hydrogens (tertiary/aromatic N) is 4. The molecule has 1 aliphatic rings. The predicted molar refractivity (Wildman–Crippen MR) is 137 cm³/mol. The van der Waals surface area contributed by atoms with Gasteiger partial charge in [-0.2, -0.15) is 0 Å². The topological polar surface area (TPSA) is 89.3 Å². The Labute approximate surface area is 207 Å². The van der Waals surface area contributed by atoms with E-state index in [0.29, 0.717) is 28.9 Å². The highest BCUT2D eigenvalue weighted by Crippen LogP contribution is 2.39. The number of aryl methyl sites for hydroxylation is 1. The zero-order valence-electron chi connectivity index (χ0n) is 19.9. The van der Waals surface area contributed by atoms with Gasteiger partial charge in [0, 0.05) is 36.8 Å². The Kier molecular flexibility index (Phi) is 7.57. The molecule has 0 bridgehead atoms. The molecule has 0 saturated carbocycles. The molecule has 1 aromatic carbocycles. The van der Waals surface area contributed by atoms with Crippen molar-refractivity contribution in [3.63, 3.8) is 0 Å². The number of carbonyl (C=O) groups excluding carboxylic acids is 2. The lowest BCUT2D eigenvalue weighted by Gasteiger charge is -2.14. The third-order valence-electron chi connectivity index (χ3n) is 5.64. The number of rotatable bonds is 9. The van der Waals surface area contributed by atoms with E-state index in [2.05, 4.69) is 21.6 Å². The molecular weight excluding hydrogens is 470 g/mol. The molecule has 3 aromatic rings. The fourth-order valence-corrected chi connectivity index (χ4v) is 6.12. The summed E-state index contributed by atoms with van der Waals surface area (Å²) in [6, 6.07) is 8.13. The second-order valence-electron chi connectivity index (χ2n) is 8.11. The minimum atomic E-state index is -0.361. The Bertz CT molecular complexity index is 1200. The molecule has 2 aromatic heterocycles. The van der Waals surface area contributed by atoms with Crippen molar-refractivity contribution in [1.29, 1.82) is 0 Å². The maximum Gasteiger partial charge on any atom is 0.341 e. The lowest BCUT2D eigenvalue weighted by Crippen LogP contribution is -2.17. The number of nitrogens with one attached hydrogen (secondary N) is 1. The van der Waals surface area contributed by atoms with Gasteiger partial charge in [-0.15, -0.1) is 21.5 Å². The molecule has 0 unspecified atom stereocenters. The fraction of sp³-hybridized carbons (Fsp3) is 0.417. The third-order valence-corrected chi connectivity index (χ3v) is 7.81. The van der Waals surface area contributed by atoms with Gasteiger partial charge in [0.1, 0.15) is 5.00 Å². The van der Waals surface area contributed by atoms with Crippen LogP contribution in [0, 0.1) is 0 Å². The summed E-state index contributed by atoms with van der Waals surface area (Å²) in [6.45, 7) is 4.81. The van der Waals surface area contributed by atoms with E-state index in [1.165, 1.54) is 28.0 Å². The van der Waals surface area contributed by atoms with Crippen molar-refractivity contribution in [2.75, 3.05) is 36.7 Å². The smallest absolute Gasteiger partial charge is 0.341 e. The number of hydrogen-bond donors (Lipinski definition) is 1. The minimum Gasteiger partial charge on any atom is -0.462 e. The van der Waals surface area contributed by atoms with Crippen LogP contribution in [0.3, 0.4) is 0 Å².